The van der Waals surface area contributed by atoms with Crippen LogP contribution in [-0.2, 0) is 26.4 Å². The number of fused-ring (bicyclic) bond motifs is 1. The van der Waals surface area contributed by atoms with Crippen molar-refractivity contribution >= 4 is 5.78 Å². The molecule has 3 rings (SSSR count). The van der Waals surface area contributed by atoms with Gasteiger partial charge >= 0.3 is 0 Å². The highest BCUT2D eigenvalue weighted by atomic mass is 16.1. The van der Waals surface area contributed by atoms with E-state index < -0.39 is 0 Å². The van der Waals surface area contributed by atoms with Crippen molar-refractivity contribution in [1.82, 2.24) is 15.1 Å². The SMILES string of the molecule is Cn1nccc1CCC(=O)c1ccc2c(c1)CNCC2. The van der Waals surface area contributed by atoms with Crippen LogP contribution in [0.1, 0.15) is 33.6 Å². The summed E-state index contributed by atoms with van der Waals surface area (Å²) in [7, 11) is 1.91. The van der Waals surface area contributed by atoms with E-state index in [1.54, 1.807) is 6.20 Å². The Labute approximate surface area is 118 Å². The van der Waals surface area contributed by atoms with Crippen LogP contribution in [0.5, 0.6) is 0 Å². The molecule has 0 atom stereocenters. The first-order chi connectivity index (χ1) is 9.74. The number of carbonyl (C=O) groups is 1. The summed E-state index contributed by atoms with van der Waals surface area (Å²) < 4.78 is 1.82. The van der Waals surface area contributed by atoms with Gasteiger partial charge in [0.25, 0.3) is 0 Å². The minimum absolute atomic E-state index is 0.208. The summed E-state index contributed by atoms with van der Waals surface area (Å²) in [4.78, 5) is 12.3. The number of carbonyl (C=O) groups excluding carboxylic acids is 1. The number of hydrogen-bond donors (Lipinski definition) is 1. The molecule has 0 saturated heterocycles. The minimum Gasteiger partial charge on any atom is -0.312 e. The van der Waals surface area contributed by atoms with Gasteiger partial charge in [-0.15, -0.1) is 0 Å². The number of hydrogen-bond acceptors (Lipinski definition) is 3. The van der Waals surface area contributed by atoms with Crippen LogP contribution in [0.25, 0.3) is 0 Å². The van der Waals surface area contributed by atoms with Crippen LogP contribution in [0.2, 0.25) is 0 Å². The molecule has 2 heterocycles. The van der Waals surface area contributed by atoms with Crippen molar-refractivity contribution in [2.75, 3.05) is 6.54 Å². The van der Waals surface area contributed by atoms with Gasteiger partial charge in [-0.3, -0.25) is 9.48 Å². The fourth-order valence-electron chi connectivity index (χ4n) is 2.69. The molecular weight excluding hydrogens is 250 g/mol. The number of rotatable bonds is 4. The Morgan fingerprint density at radius 3 is 3.05 bits per heavy atom. The number of benzene rings is 1. The second-order valence-electron chi connectivity index (χ2n) is 5.28. The van der Waals surface area contributed by atoms with Crippen LogP contribution >= 0.6 is 0 Å². The van der Waals surface area contributed by atoms with Gasteiger partial charge in [0, 0.05) is 37.5 Å². The molecule has 0 aliphatic carbocycles. The summed E-state index contributed by atoms with van der Waals surface area (Å²) in [5.41, 5.74) is 4.56. The number of Topliss-reactive ketones (excluding diaryl/α,β-unsaturated/α-hetero) is 1. The zero-order valence-corrected chi connectivity index (χ0v) is 11.7. The second-order valence-corrected chi connectivity index (χ2v) is 5.28. The van der Waals surface area contributed by atoms with E-state index in [9.17, 15) is 4.79 Å². The summed E-state index contributed by atoms with van der Waals surface area (Å²) in [6, 6.07) is 8.08. The van der Waals surface area contributed by atoms with Crippen LogP contribution in [0.3, 0.4) is 0 Å². The molecule has 1 N–H and O–H groups in total. The molecule has 0 bridgehead atoms. The molecule has 104 valence electrons. The molecule has 1 aromatic heterocycles. The number of aryl methyl sites for hydroxylation is 2. The summed E-state index contributed by atoms with van der Waals surface area (Å²) in [6.07, 6.45) is 4.10. The van der Waals surface area contributed by atoms with Gasteiger partial charge in [-0.25, -0.2) is 0 Å². The topological polar surface area (TPSA) is 46.9 Å². The zero-order chi connectivity index (χ0) is 13.9. The first-order valence-corrected chi connectivity index (χ1v) is 7.06. The van der Waals surface area contributed by atoms with Crippen LogP contribution < -0.4 is 5.32 Å². The predicted octanol–water partition coefficient (Wildman–Crippen LogP) is 1.88. The van der Waals surface area contributed by atoms with E-state index in [1.807, 2.05) is 29.9 Å². The number of aromatic nitrogens is 2. The Morgan fingerprint density at radius 2 is 2.25 bits per heavy atom. The van der Waals surface area contributed by atoms with E-state index in [-0.39, 0.29) is 5.78 Å². The van der Waals surface area contributed by atoms with Gasteiger partial charge < -0.3 is 5.32 Å². The van der Waals surface area contributed by atoms with Crippen LogP contribution in [0.4, 0.5) is 0 Å². The normalized spacial score (nSPS) is 14.1. The van der Waals surface area contributed by atoms with E-state index in [1.165, 1.54) is 11.1 Å². The van der Waals surface area contributed by atoms with Gasteiger partial charge in [0.2, 0.25) is 0 Å². The van der Waals surface area contributed by atoms with Crippen molar-refractivity contribution in [1.29, 1.82) is 0 Å². The molecule has 2 aromatic rings. The van der Waals surface area contributed by atoms with Crippen molar-refractivity contribution < 1.29 is 4.79 Å². The molecule has 0 fully saturated rings. The van der Waals surface area contributed by atoms with Crippen molar-refractivity contribution in [3.63, 3.8) is 0 Å². The summed E-state index contributed by atoms with van der Waals surface area (Å²) >= 11 is 0. The number of nitrogens with zero attached hydrogens (tertiary/aromatic N) is 2. The van der Waals surface area contributed by atoms with Gasteiger partial charge in [-0.05, 0) is 42.6 Å². The molecule has 0 spiro atoms. The Morgan fingerprint density at radius 1 is 1.35 bits per heavy atom. The first-order valence-electron chi connectivity index (χ1n) is 7.06. The fraction of sp³-hybridized carbons (Fsp3) is 0.375. The second kappa shape index (κ2) is 5.59. The van der Waals surface area contributed by atoms with Gasteiger partial charge in [0.1, 0.15) is 0 Å². The quantitative estimate of drug-likeness (QED) is 0.862. The smallest absolute Gasteiger partial charge is 0.163 e. The maximum atomic E-state index is 12.3. The summed E-state index contributed by atoms with van der Waals surface area (Å²) in [5.74, 6) is 0.208. The Kier molecular flexibility index (Phi) is 3.65. The highest BCUT2D eigenvalue weighted by molar-refractivity contribution is 5.96. The maximum Gasteiger partial charge on any atom is 0.163 e. The Balaban J connectivity index is 1.69. The molecule has 0 unspecified atom stereocenters. The average molecular weight is 269 g/mol. The first kappa shape index (κ1) is 13.1. The molecule has 1 aromatic carbocycles. The van der Waals surface area contributed by atoms with Gasteiger partial charge in [-0.1, -0.05) is 12.1 Å². The summed E-state index contributed by atoms with van der Waals surface area (Å²) in [5, 5.41) is 7.47. The molecule has 4 nitrogen and oxygen atoms in total. The molecule has 0 radical (unpaired) electrons. The lowest BCUT2D eigenvalue weighted by atomic mass is 9.96. The molecule has 20 heavy (non-hydrogen) atoms. The van der Waals surface area contributed by atoms with E-state index in [4.69, 9.17) is 0 Å². The number of ketones is 1. The van der Waals surface area contributed by atoms with E-state index in [0.717, 1.165) is 37.2 Å². The lowest BCUT2D eigenvalue weighted by molar-refractivity contribution is 0.0982. The maximum absolute atomic E-state index is 12.3. The third-order valence-corrected chi connectivity index (χ3v) is 3.95. The van der Waals surface area contributed by atoms with Crippen molar-refractivity contribution in [3.05, 3.63) is 52.8 Å². The number of nitrogens with one attached hydrogen (secondary N) is 1. The third-order valence-electron chi connectivity index (χ3n) is 3.95. The summed E-state index contributed by atoms with van der Waals surface area (Å²) in [6.45, 7) is 1.90. The largest absolute Gasteiger partial charge is 0.312 e. The van der Waals surface area contributed by atoms with E-state index in [2.05, 4.69) is 16.5 Å². The predicted molar refractivity (Wildman–Crippen MR) is 77.7 cm³/mol. The van der Waals surface area contributed by atoms with Gasteiger partial charge in [0.05, 0.1) is 0 Å². The Hall–Kier alpha value is -1.94. The average Bonchev–Trinajstić information content (AvgIpc) is 2.89. The highest BCUT2D eigenvalue weighted by Crippen LogP contribution is 2.17. The molecule has 0 amide bonds. The fourth-order valence-corrected chi connectivity index (χ4v) is 2.69. The molecular formula is C16H19N3O. The monoisotopic (exact) mass is 269 g/mol. The molecule has 4 heteroatoms. The van der Waals surface area contributed by atoms with Crippen LogP contribution in [0, 0.1) is 0 Å². The Bertz CT molecular complexity index is 630. The lowest BCUT2D eigenvalue weighted by Gasteiger charge is -2.17. The van der Waals surface area contributed by atoms with Crippen LogP contribution in [-0.4, -0.2) is 22.1 Å². The highest BCUT2D eigenvalue weighted by Gasteiger charge is 2.13. The zero-order valence-electron chi connectivity index (χ0n) is 11.7. The van der Waals surface area contributed by atoms with E-state index in [0.29, 0.717) is 6.42 Å². The van der Waals surface area contributed by atoms with E-state index >= 15 is 0 Å². The lowest BCUT2D eigenvalue weighted by Crippen LogP contribution is -2.23. The standard InChI is InChI=1S/C16H19N3O/c1-19-15(7-9-18-19)4-5-16(20)13-3-2-12-6-8-17-11-14(12)10-13/h2-3,7,9-10,17H,4-6,8,11H2,1H3. The molecule has 0 saturated carbocycles. The van der Waals surface area contributed by atoms with Gasteiger partial charge in [0.15, 0.2) is 5.78 Å². The van der Waals surface area contributed by atoms with Crippen molar-refractivity contribution in [2.45, 2.75) is 25.8 Å². The minimum atomic E-state index is 0.208. The van der Waals surface area contributed by atoms with Crippen molar-refractivity contribution in [2.24, 2.45) is 7.05 Å². The van der Waals surface area contributed by atoms with Crippen LogP contribution in [0.15, 0.2) is 30.5 Å². The third kappa shape index (κ3) is 2.65. The molecule has 1 aliphatic heterocycles. The van der Waals surface area contributed by atoms with Gasteiger partial charge in [-0.2, -0.15) is 5.10 Å². The van der Waals surface area contributed by atoms with Crippen molar-refractivity contribution in [3.8, 4) is 0 Å². The molecule has 1 aliphatic rings.